The van der Waals surface area contributed by atoms with E-state index in [0.717, 1.165) is 17.4 Å². The summed E-state index contributed by atoms with van der Waals surface area (Å²) in [5.41, 5.74) is -0.416. The molecule has 8 heteroatoms. The predicted molar refractivity (Wildman–Crippen MR) is 87.7 cm³/mol. The smallest absolute Gasteiger partial charge is 0.332 e. The van der Waals surface area contributed by atoms with Crippen LogP contribution in [0.4, 0.5) is 0 Å². The van der Waals surface area contributed by atoms with Crippen LogP contribution in [-0.4, -0.2) is 31.3 Å². The molecule has 0 bridgehead atoms. The first-order chi connectivity index (χ1) is 11.5. The van der Waals surface area contributed by atoms with Gasteiger partial charge in [-0.15, -0.1) is 0 Å². The molecule has 0 amide bonds. The van der Waals surface area contributed by atoms with Gasteiger partial charge in [-0.3, -0.25) is 18.7 Å². The van der Waals surface area contributed by atoms with E-state index in [0.29, 0.717) is 12.5 Å². The van der Waals surface area contributed by atoms with Crippen molar-refractivity contribution in [1.82, 2.24) is 18.7 Å². The molecule has 0 aliphatic heterocycles. The SMILES string of the molecule is Cn1c(=O)c2c(ncn2CC(=O)OCC2CCCCC2)n(C)c1=O. The van der Waals surface area contributed by atoms with Crippen molar-refractivity contribution in [2.75, 3.05) is 6.61 Å². The highest BCUT2D eigenvalue weighted by Crippen LogP contribution is 2.23. The van der Waals surface area contributed by atoms with Crippen LogP contribution in [0.5, 0.6) is 0 Å². The highest BCUT2D eigenvalue weighted by atomic mass is 16.5. The average molecular weight is 334 g/mol. The van der Waals surface area contributed by atoms with E-state index in [1.165, 1.54) is 41.8 Å². The van der Waals surface area contributed by atoms with Crippen molar-refractivity contribution in [2.45, 2.75) is 38.6 Å². The first-order valence-corrected chi connectivity index (χ1v) is 8.25. The van der Waals surface area contributed by atoms with Crippen LogP contribution in [0.3, 0.4) is 0 Å². The van der Waals surface area contributed by atoms with Crippen molar-refractivity contribution in [3.63, 3.8) is 0 Å². The van der Waals surface area contributed by atoms with Crippen LogP contribution >= 0.6 is 0 Å². The number of rotatable bonds is 4. The Kier molecular flexibility index (Phi) is 4.55. The zero-order valence-corrected chi connectivity index (χ0v) is 14.0. The second kappa shape index (κ2) is 6.62. The van der Waals surface area contributed by atoms with Gasteiger partial charge in [-0.2, -0.15) is 0 Å². The van der Waals surface area contributed by atoms with E-state index in [-0.39, 0.29) is 17.7 Å². The summed E-state index contributed by atoms with van der Waals surface area (Å²) >= 11 is 0. The molecule has 0 spiro atoms. The lowest BCUT2D eigenvalue weighted by Crippen LogP contribution is -2.37. The Hall–Kier alpha value is -2.38. The van der Waals surface area contributed by atoms with E-state index in [9.17, 15) is 14.4 Å². The number of imidazole rings is 1. The van der Waals surface area contributed by atoms with Crippen LogP contribution in [0.25, 0.3) is 11.2 Å². The molecule has 2 heterocycles. The van der Waals surface area contributed by atoms with Crippen molar-refractivity contribution in [2.24, 2.45) is 20.0 Å². The molecule has 0 atom stereocenters. The molecule has 0 unspecified atom stereocenters. The predicted octanol–water partition coefficient (Wildman–Crippen LogP) is 0.557. The van der Waals surface area contributed by atoms with Gasteiger partial charge >= 0.3 is 11.7 Å². The third kappa shape index (κ3) is 3.00. The zero-order chi connectivity index (χ0) is 17.3. The molecule has 0 saturated heterocycles. The first kappa shape index (κ1) is 16.5. The summed E-state index contributed by atoms with van der Waals surface area (Å²) in [7, 11) is 2.95. The second-order valence-electron chi connectivity index (χ2n) is 6.44. The van der Waals surface area contributed by atoms with Gasteiger partial charge in [-0.25, -0.2) is 9.78 Å². The minimum Gasteiger partial charge on any atom is -0.464 e. The van der Waals surface area contributed by atoms with Crippen molar-refractivity contribution in [3.05, 3.63) is 27.2 Å². The summed E-state index contributed by atoms with van der Waals surface area (Å²) in [6.07, 6.45) is 7.24. The normalized spacial score (nSPS) is 15.8. The number of fused-ring (bicyclic) bond motifs is 1. The Morgan fingerprint density at radius 1 is 1.21 bits per heavy atom. The van der Waals surface area contributed by atoms with E-state index in [1.807, 2.05) is 0 Å². The Morgan fingerprint density at radius 2 is 1.92 bits per heavy atom. The average Bonchev–Trinajstić information content (AvgIpc) is 3.01. The minimum absolute atomic E-state index is 0.0866. The molecule has 2 aromatic rings. The lowest BCUT2D eigenvalue weighted by atomic mass is 9.90. The van der Waals surface area contributed by atoms with E-state index >= 15 is 0 Å². The summed E-state index contributed by atoms with van der Waals surface area (Å²) in [6, 6.07) is 0. The number of nitrogens with zero attached hydrogens (tertiary/aromatic N) is 4. The van der Waals surface area contributed by atoms with Crippen molar-refractivity contribution >= 4 is 17.1 Å². The fraction of sp³-hybridized carbons (Fsp3) is 0.625. The van der Waals surface area contributed by atoms with Crippen LogP contribution in [0.2, 0.25) is 0 Å². The van der Waals surface area contributed by atoms with E-state index < -0.39 is 17.2 Å². The molecular formula is C16H22N4O4. The zero-order valence-electron chi connectivity index (χ0n) is 14.0. The number of carbonyl (C=O) groups is 1. The number of ether oxygens (including phenoxy) is 1. The maximum absolute atomic E-state index is 12.3. The first-order valence-electron chi connectivity index (χ1n) is 8.25. The van der Waals surface area contributed by atoms with Gasteiger partial charge in [0.05, 0.1) is 12.9 Å². The van der Waals surface area contributed by atoms with Gasteiger partial charge in [0, 0.05) is 14.1 Å². The molecule has 8 nitrogen and oxygen atoms in total. The third-order valence-electron chi connectivity index (χ3n) is 4.72. The molecule has 0 aromatic carbocycles. The molecule has 1 aliphatic rings. The maximum Gasteiger partial charge on any atom is 0.332 e. The van der Waals surface area contributed by atoms with Gasteiger partial charge in [0.2, 0.25) is 0 Å². The summed E-state index contributed by atoms with van der Waals surface area (Å²) < 4.78 is 9.11. The quantitative estimate of drug-likeness (QED) is 0.762. The van der Waals surface area contributed by atoms with Gasteiger partial charge in [0.1, 0.15) is 6.54 Å². The number of hydrogen-bond acceptors (Lipinski definition) is 5. The fourth-order valence-electron chi connectivity index (χ4n) is 3.27. The molecule has 0 N–H and O–H groups in total. The molecule has 0 radical (unpaired) electrons. The minimum atomic E-state index is -0.467. The topological polar surface area (TPSA) is 88.1 Å². The standard InChI is InChI=1S/C16H22N4O4/c1-18-14-13(15(22)19(2)16(18)23)20(10-17-14)8-12(21)24-9-11-6-4-3-5-7-11/h10-11H,3-9H2,1-2H3. The highest BCUT2D eigenvalue weighted by molar-refractivity contribution is 5.75. The van der Waals surface area contributed by atoms with E-state index in [4.69, 9.17) is 4.74 Å². The molecule has 1 saturated carbocycles. The Balaban J connectivity index is 1.77. The van der Waals surface area contributed by atoms with Crippen LogP contribution in [-0.2, 0) is 30.2 Å². The summed E-state index contributed by atoms with van der Waals surface area (Å²) in [5, 5.41) is 0. The Morgan fingerprint density at radius 3 is 2.62 bits per heavy atom. The second-order valence-corrected chi connectivity index (χ2v) is 6.44. The maximum atomic E-state index is 12.3. The highest BCUT2D eigenvalue weighted by Gasteiger charge is 2.18. The molecule has 1 fully saturated rings. The van der Waals surface area contributed by atoms with Crippen molar-refractivity contribution < 1.29 is 9.53 Å². The number of aryl methyl sites for hydroxylation is 1. The summed E-state index contributed by atoms with van der Waals surface area (Å²) in [5.74, 6) is 0.0479. The van der Waals surface area contributed by atoms with Gasteiger partial charge in [-0.05, 0) is 18.8 Å². The van der Waals surface area contributed by atoms with E-state index in [1.54, 1.807) is 7.05 Å². The largest absolute Gasteiger partial charge is 0.464 e. The van der Waals surface area contributed by atoms with Crippen molar-refractivity contribution in [1.29, 1.82) is 0 Å². The summed E-state index contributed by atoms with van der Waals surface area (Å²) in [6.45, 7) is 0.346. The Bertz CT molecular complexity index is 871. The lowest BCUT2D eigenvalue weighted by molar-refractivity contribution is -0.146. The van der Waals surface area contributed by atoms with Crippen LogP contribution in [0.15, 0.2) is 15.9 Å². The van der Waals surface area contributed by atoms with Gasteiger partial charge in [-0.1, -0.05) is 19.3 Å². The van der Waals surface area contributed by atoms with Gasteiger partial charge in [0.25, 0.3) is 5.56 Å². The van der Waals surface area contributed by atoms with E-state index in [2.05, 4.69) is 4.98 Å². The number of hydrogen-bond donors (Lipinski definition) is 0. The number of carbonyl (C=O) groups excluding carboxylic acids is 1. The lowest BCUT2D eigenvalue weighted by Gasteiger charge is -2.21. The monoisotopic (exact) mass is 334 g/mol. The molecule has 24 heavy (non-hydrogen) atoms. The van der Waals surface area contributed by atoms with Crippen LogP contribution in [0.1, 0.15) is 32.1 Å². The summed E-state index contributed by atoms with van der Waals surface area (Å²) in [4.78, 5) is 40.4. The van der Waals surface area contributed by atoms with Gasteiger partial charge in [0.15, 0.2) is 11.2 Å². The van der Waals surface area contributed by atoms with Gasteiger partial charge < -0.3 is 9.30 Å². The van der Waals surface area contributed by atoms with Crippen LogP contribution < -0.4 is 11.2 Å². The third-order valence-corrected chi connectivity index (χ3v) is 4.72. The Labute approximate surface area is 138 Å². The molecule has 2 aromatic heterocycles. The molecule has 1 aliphatic carbocycles. The molecular weight excluding hydrogens is 312 g/mol. The van der Waals surface area contributed by atoms with Crippen molar-refractivity contribution in [3.8, 4) is 0 Å². The fourth-order valence-corrected chi connectivity index (χ4v) is 3.27. The van der Waals surface area contributed by atoms with Crippen LogP contribution in [0, 0.1) is 5.92 Å². The number of esters is 1. The molecule has 130 valence electrons. The number of aromatic nitrogens is 4. The molecule has 3 rings (SSSR count).